The summed E-state index contributed by atoms with van der Waals surface area (Å²) in [5.74, 6) is 0. The Bertz CT molecular complexity index is 784. The number of furan rings is 1. The van der Waals surface area contributed by atoms with E-state index in [9.17, 15) is 0 Å². The molecule has 0 aliphatic rings. The lowest BCUT2D eigenvalue weighted by Gasteiger charge is -1.97. The first-order valence-electron chi connectivity index (χ1n) is 5.71. The van der Waals surface area contributed by atoms with Crippen LogP contribution in [0.2, 0.25) is 0 Å². The summed E-state index contributed by atoms with van der Waals surface area (Å²) in [5, 5.41) is 17.0. The van der Waals surface area contributed by atoms with Crippen molar-refractivity contribution in [1.82, 2.24) is 0 Å². The molecular weight excluding hydrogens is 224 g/mol. The van der Waals surface area contributed by atoms with Crippen LogP contribution in [0.4, 0.5) is 0 Å². The summed E-state index contributed by atoms with van der Waals surface area (Å²) in [4.78, 5) is 0. The molecule has 0 saturated heterocycles. The maximum Gasteiger partial charge on any atom is 0.135 e. The Labute approximate surface area is 104 Å². The Morgan fingerprint density at radius 2 is 1.72 bits per heavy atom. The number of hydrogen-bond donors (Lipinski definition) is 2. The van der Waals surface area contributed by atoms with Crippen LogP contribution < -0.4 is 0 Å². The van der Waals surface area contributed by atoms with E-state index in [1.54, 1.807) is 6.92 Å². The summed E-state index contributed by atoms with van der Waals surface area (Å²) in [6.07, 6.45) is 1.32. The van der Waals surface area contributed by atoms with Gasteiger partial charge >= 0.3 is 0 Å². The molecule has 0 unspecified atom stereocenters. The number of benzene rings is 2. The first kappa shape index (κ1) is 10.7. The molecule has 0 spiro atoms. The highest BCUT2D eigenvalue weighted by atomic mass is 16.3. The molecule has 3 heteroatoms. The van der Waals surface area contributed by atoms with E-state index in [0.717, 1.165) is 33.1 Å². The third kappa shape index (κ3) is 1.52. The zero-order valence-corrected chi connectivity index (χ0v) is 9.95. The summed E-state index contributed by atoms with van der Waals surface area (Å²) in [6.45, 7) is 1.77. The fraction of sp³-hybridized carbons (Fsp3) is 0.0667. The van der Waals surface area contributed by atoms with Crippen molar-refractivity contribution in [2.45, 2.75) is 6.92 Å². The summed E-state index contributed by atoms with van der Waals surface area (Å²) in [7, 11) is 0. The van der Waals surface area contributed by atoms with Gasteiger partial charge in [-0.2, -0.15) is 0 Å². The van der Waals surface area contributed by atoms with E-state index in [1.165, 1.54) is 6.21 Å². The quantitative estimate of drug-likeness (QED) is 0.650. The van der Waals surface area contributed by atoms with Crippen LogP contribution in [0.25, 0.3) is 21.9 Å². The smallest absolute Gasteiger partial charge is 0.135 e. The van der Waals surface area contributed by atoms with Gasteiger partial charge in [0.2, 0.25) is 0 Å². The van der Waals surface area contributed by atoms with Crippen molar-refractivity contribution in [2.75, 3.05) is 0 Å². The van der Waals surface area contributed by atoms with Gasteiger partial charge in [-0.25, -0.2) is 0 Å². The first-order chi connectivity index (χ1) is 8.69. The van der Waals surface area contributed by atoms with Crippen LogP contribution in [0.3, 0.4) is 0 Å². The summed E-state index contributed by atoms with van der Waals surface area (Å²) in [5.41, 5.74) is 3.91. The van der Waals surface area contributed by atoms with Crippen LogP contribution in [0.15, 0.2) is 40.8 Å². The minimum Gasteiger partial charge on any atom is -0.456 e. The molecule has 0 radical (unpaired) electrons. The van der Waals surface area contributed by atoms with E-state index in [1.807, 2.05) is 36.4 Å². The highest BCUT2D eigenvalue weighted by Crippen LogP contribution is 2.30. The second-order valence-electron chi connectivity index (χ2n) is 4.34. The van der Waals surface area contributed by atoms with Crippen molar-refractivity contribution < 1.29 is 4.42 Å². The molecule has 3 rings (SSSR count). The van der Waals surface area contributed by atoms with Crippen molar-refractivity contribution in [3.8, 4) is 0 Å². The van der Waals surface area contributed by atoms with E-state index in [0.29, 0.717) is 5.71 Å². The third-order valence-electron chi connectivity index (χ3n) is 3.09. The Morgan fingerprint density at radius 1 is 1.06 bits per heavy atom. The van der Waals surface area contributed by atoms with Gasteiger partial charge < -0.3 is 15.2 Å². The number of rotatable bonds is 2. The summed E-state index contributed by atoms with van der Waals surface area (Å²) in [6, 6.07) is 11.4. The van der Waals surface area contributed by atoms with Gasteiger partial charge in [0.05, 0.1) is 0 Å². The molecule has 0 fully saturated rings. The van der Waals surface area contributed by atoms with Crippen molar-refractivity contribution >= 4 is 33.9 Å². The normalized spacial score (nSPS) is 10.9. The van der Waals surface area contributed by atoms with E-state index in [-0.39, 0.29) is 0 Å². The third-order valence-corrected chi connectivity index (χ3v) is 3.09. The van der Waals surface area contributed by atoms with Gasteiger partial charge in [0.15, 0.2) is 0 Å². The van der Waals surface area contributed by atoms with Gasteiger partial charge in [-0.05, 0) is 54.4 Å². The molecule has 2 N–H and O–H groups in total. The monoisotopic (exact) mass is 236 g/mol. The molecule has 2 aromatic carbocycles. The van der Waals surface area contributed by atoms with E-state index in [4.69, 9.17) is 15.2 Å². The van der Waals surface area contributed by atoms with Gasteiger partial charge in [0.1, 0.15) is 11.2 Å². The standard InChI is InChI=1S/C15H12N2O/c1-9(17)11-3-5-15-13(7-11)12-6-10(8-16)2-4-14(12)18-15/h2-8,16-17H,1H3. The van der Waals surface area contributed by atoms with Crippen LogP contribution in [-0.4, -0.2) is 11.9 Å². The predicted molar refractivity (Wildman–Crippen MR) is 74.1 cm³/mol. The maximum absolute atomic E-state index is 7.68. The number of nitrogens with one attached hydrogen (secondary N) is 2. The Kier molecular flexibility index (Phi) is 2.27. The topological polar surface area (TPSA) is 60.8 Å². The van der Waals surface area contributed by atoms with Crippen molar-refractivity contribution in [3.63, 3.8) is 0 Å². The first-order valence-corrected chi connectivity index (χ1v) is 5.71. The minimum atomic E-state index is 0.537. The van der Waals surface area contributed by atoms with Crippen LogP contribution >= 0.6 is 0 Å². The highest BCUT2D eigenvalue weighted by Gasteiger charge is 2.08. The average Bonchev–Trinajstić information content (AvgIpc) is 2.75. The molecule has 3 nitrogen and oxygen atoms in total. The van der Waals surface area contributed by atoms with E-state index < -0.39 is 0 Å². The number of hydrogen-bond acceptors (Lipinski definition) is 3. The lowest BCUT2D eigenvalue weighted by Crippen LogP contribution is -1.90. The van der Waals surface area contributed by atoms with Crippen LogP contribution in [0, 0.1) is 10.8 Å². The van der Waals surface area contributed by atoms with Gasteiger partial charge in [-0.15, -0.1) is 0 Å². The molecular formula is C15H12N2O. The Morgan fingerprint density at radius 3 is 2.39 bits per heavy atom. The SMILES string of the molecule is CC(=N)c1ccc2oc3ccc(C=N)cc3c2c1. The lowest BCUT2D eigenvalue weighted by molar-refractivity contribution is 0.669. The molecule has 0 atom stereocenters. The molecule has 18 heavy (non-hydrogen) atoms. The fourth-order valence-electron chi connectivity index (χ4n) is 2.12. The second kappa shape index (κ2) is 3.81. The van der Waals surface area contributed by atoms with Crippen molar-refractivity contribution in [3.05, 3.63) is 47.5 Å². The Hall–Kier alpha value is -2.42. The predicted octanol–water partition coefficient (Wildman–Crippen LogP) is 3.97. The van der Waals surface area contributed by atoms with Crippen LogP contribution in [0.5, 0.6) is 0 Å². The van der Waals surface area contributed by atoms with Gasteiger partial charge in [-0.3, -0.25) is 0 Å². The highest BCUT2D eigenvalue weighted by molar-refractivity contribution is 6.09. The van der Waals surface area contributed by atoms with E-state index in [2.05, 4.69) is 0 Å². The molecule has 3 aromatic rings. The second-order valence-corrected chi connectivity index (χ2v) is 4.34. The largest absolute Gasteiger partial charge is 0.456 e. The molecule has 88 valence electrons. The summed E-state index contributed by atoms with van der Waals surface area (Å²) < 4.78 is 5.74. The molecule has 0 aliphatic heterocycles. The Balaban J connectivity index is 2.40. The van der Waals surface area contributed by atoms with E-state index >= 15 is 0 Å². The molecule has 1 heterocycles. The lowest BCUT2D eigenvalue weighted by atomic mass is 10.1. The fourth-order valence-corrected chi connectivity index (χ4v) is 2.12. The molecule has 1 aromatic heterocycles. The zero-order chi connectivity index (χ0) is 12.7. The molecule has 0 saturated carbocycles. The van der Waals surface area contributed by atoms with Gasteiger partial charge in [0, 0.05) is 22.7 Å². The van der Waals surface area contributed by atoms with Gasteiger partial charge in [-0.1, -0.05) is 0 Å². The van der Waals surface area contributed by atoms with Crippen molar-refractivity contribution in [2.24, 2.45) is 0 Å². The maximum atomic E-state index is 7.68. The van der Waals surface area contributed by atoms with Gasteiger partial charge in [0.25, 0.3) is 0 Å². The minimum absolute atomic E-state index is 0.537. The zero-order valence-electron chi connectivity index (χ0n) is 9.95. The average molecular weight is 236 g/mol. The molecule has 0 aliphatic carbocycles. The molecule has 0 amide bonds. The van der Waals surface area contributed by atoms with Crippen LogP contribution in [-0.2, 0) is 0 Å². The summed E-state index contributed by atoms with van der Waals surface area (Å²) >= 11 is 0. The number of fused-ring (bicyclic) bond motifs is 3. The molecule has 0 bridgehead atoms. The van der Waals surface area contributed by atoms with Crippen molar-refractivity contribution in [1.29, 1.82) is 10.8 Å². The van der Waals surface area contributed by atoms with Crippen LogP contribution in [0.1, 0.15) is 18.1 Å².